The van der Waals surface area contributed by atoms with E-state index >= 15 is 0 Å². The summed E-state index contributed by atoms with van der Waals surface area (Å²) in [6, 6.07) is 21.2. The molecule has 0 saturated heterocycles. The first kappa shape index (κ1) is 20.0. The van der Waals surface area contributed by atoms with Gasteiger partial charge in [0.15, 0.2) is 0 Å². The van der Waals surface area contributed by atoms with E-state index in [9.17, 15) is 0 Å². The van der Waals surface area contributed by atoms with Gasteiger partial charge in [-0.15, -0.1) is 0 Å². The topological polar surface area (TPSA) is 9.23 Å². The summed E-state index contributed by atoms with van der Waals surface area (Å²) in [6.45, 7) is 2.27. The molecule has 1 nitrogen and oxygen atoms in total. The number of unbranched alkanes of at least 4 members (excludes halogenated alkanes) is 5. The fraction of sp³-hybridized carbons (Fsp3) is 0.333. The highest BCUT2D eigenvalue weighted by Crippen LogP contribution is 2.21. The van der Waals surface area contributed by atoms with Gasteiger partial charge in [0.1, 0.15) is 5.75 Å². The quantitative estimate of drug-likeness (QED) is 0.302. The number of ether oxygens (including phenoxy) is 1. The molecule has 0 atom stereocenters. The third-order valence-corrected chi connectivity index (χ3v) is 5.17. The zero-order valence-electron chi connectivity index (χ0n) is 17.1. The van der Waals surface area contributed by atoms with Gasteiger partial charge in [0, 0.05) is 11.1 Å². The van der Waals surface area contributed by atoms with Crippen molar-refractivity contribution >= 4 is 10.8 Å². The fourth-order valence-electron chi connectivity index (χ4n) is 3.44. The number of rotatable bonds is 8. The molecule has 0 unspecified atom stereocenters. The van der Waals surface area contributed by atoms with Crippen molar-refractivity contribution in [3.63, 3.8) is 0 Å². The molecule has 3 aromatic rings. The lowest BCUT2D eigenvalue weighted by molar-refractivity contribution is 0.415. The summed E-state index contributed by atoms with van der Waals surface area (Å²) in [6.07, 6.45) is 9.25. The highest BCUT2D eigenvalue weighted by atomic mass is 16.5. The second kappa shape index (κ2) is 10.6. The second-order valence-corrected chi connectivity index (χ2v) is 7.39. The smallest absolute Gasteiger partial charge is 0.119 e. The fourth-order valence-corrected chi connectivity index (χ4v) is 3.44. The Hall–Kier alpha value is -2.72. The third kappa shape index (κ3) is 5.89. The van der Waals surface area contributed by atoms with Crippen molar-refractivity contribution in [2.24, 2.45) is 0 Å². The average Bonchev–Trinajstić information content (AvgIpc) is 2.75. The van der Waals surface area contributed by atoms with Gasteiger partial charge in [-0.25, -0.2) is 0 Å². The number of hydrogen-bond acceptors (Lipinski definition) is 1. The largest absolute Gasteiger partial charge is 0.497 e. The standard InChI is InChI=1S/C27H30O/c1-3-4-5-6-7-8-9-22-10-12-23(13-11-22)14-15-24-16-17-26-21-27(28-2)19-18-25(26)20-24/h10-13,16-21H,3-9H2,1-2H3. The zero-order chi connectivity index (χ0) is 19.6. The van der Waals surface area contributed by atoms with Crippen LogP contribution < -0.4 is 4.74 Å². The van der Waals surface area contributed by atoms with Gasteiger partial charge in [-0.1, -0.05) is 75.1 Å². The van der Waals surface area contributed by atoms with Gasteiger partial charge in [0.2, 0.25) is 0 Å². The maximum absolute atomic E-state index is 5.29. The Morgan fingerprint density at radius 3 is 2.11 bits per heavy atom. The summed E-state index contributed by atoms with van der Waals surface area (Å²) >= 11 is 0. The minimum absolute atomic E-state index is 0.882. The minimum atomic E-state index is 0.882. The van der Waals surface area contributed by atoms with E-state index < -0.39 is 0 Å². The highest BCUT2D eigenvalue weighted by molar-refractivity contribution is 5.85. The van der Waals surface area contributed by atoms with Crippen molar-refractivity contribution in [2.75, 3.05) is 7.11 Å². The van der Waals surface area contributed by atoms with Crippen LogP contribution >= 0.6 is 0 Å². The average molecular weight is 371 g/mol. The number of fused-ring (bicyclic) bond motifs is 1. The third-order valence-electron chi connectivity index (χ3n) is 5.17. The molecule has 0 spiro atoms. The van der Waals surface area contributed by atoms with Crippen molar-refractivity contribution in [1.82, 2.24) is 0 Å². The Morgan fingerprint density at radius 1 is 0.679 bits per heavy atom. The molecule has 28 heavy (non-hydrogen) atoms. The molecule has 0 aliphatic rings. The first-order valence-corrected chi connectivity index (χ1v) is 10.5. The van der Waals surface area contributed by atoms with E-state index in [1.165, 1.54) is 61.3 Å². The molecular weight excluding hydrogens is 340 g/mol. The summed E-state index contributed by atoms with van der Waals surface area (Å²) in [4.78, 5) is 0. The zero-order valence-corrected chi connectivity index (χ0v) is 17.1. The molecule has 0 aliphatic carbocycles. The van der Waals surface area contributed by atoms with Gasteiger partial charge >= 0.3 is 0 Å². The van der Waals surface area contributed by atoms with E-state index in [2.05, 4.69) is 73.4 Å². The Morgan fingerprint density at radius 2 is 1.32 bits per heavy atom. The van der Waals surface area contributed by atoms with Crippen LogP contribution in [0.15, 0.2) is 60.7 Å². The van der Waals surface area contributed by atoms with Crippen molar-refractivity contribution in [1.29, 1.82) is 0 Å². The summed E-state index contributed by atoms with van der Waals surface area (Å²) in [5.41, 5.74) is 3.52. The first-order chi connectivity index (χ1) is 13.8. The number of methoxy groups -OCH3 is 1. The molecule has 3 aromatic carbocycles. The molecule has 0 heterocycles. The number of aryl methyl sites for hydroxylation is 1. The maximum atomic E-state index is 5.29. The van der Waals surface area contributed by atoms with Crippen LogP contribution in [0.5, 0.6) is 5.75 Å². The highest BCUT2D eigenvalue weighted by Gasteiger charge is 1.98. The molecule has 0 aliphatic heterocycles. The number of benzene rings is 3. The van der Waals surface area contributed by atoms with Crippen molar-refractivity contribution in [2.45, 2.75) is 51.9 Å². The minimum Gasteiger partial charge on any atom is -0.497 e. The van der Waals surface area contributed by atoms with Gasteiger partial charge in [-0.05, 0) is 65.6 Å². The van der Waals surface area contributed by atoms with E-state index in [4.69, 9.17) is 4.74 Å². The van der Waals surface area contributed by atoms with E-state index in [0.717, 1.165) is 16.9 Å². The van der Waals surface area contributed by atoms with E-state index in [1.807, 2.05) is 6.07 Å². The van der Waals surface area contributed by atoms with E-state index in [0.29, 0.717) is 0 Å². The molecule has 144 valence electrons. The van der Waals surface area contributed by atoms with Gasteiger partial charge in [0.25, 0.3) is 0 Å². The summed E-state index contributed by atoms with van der Waals surface area (Å²) in [7, 11) is 1.69. The SMILES string of the molecule is CCCCCCCCc1ccc(C#Cc2ccc3cc(OC)ccc3c2)cc1. The van der Waals surface area contributed by atoms with E-state index in [1.54, 1.807) is 7.11 Å². The molecule has 0 aromatic heterocycles. The molecule has 0 amide bonds. The Kier molecular flexibility index (Phi) is 7.56. The lowest BCUT2D eigenvalue weighted by Gasteiger charge is -2.03. The Labute approximate surface area is 169 Å². The molecule has 0 fully saturated rings. The van der Waals surface area contributed by atoms with E-state index in [-0.39, 0.29) is 0 Å². The first-order valence-electron chi connectivity index (χ1n) is 10.5. The molecule has 0 saturated carbocycles. The summed E-state index contributed by atoms with van der Waals surface area (Å²) in [5.74, 6) is 7.46. The lowest BCUT2D eigenvalue weighted by atomic mass is 10.0. The van der Waals surface area contributed by atoms with Crippen LogP contribution in [0.2, 0.25) is 0 Å². The molecule has 0 bridgehead atoms. The van der Waals surface area contributed by atoms with Crippen LogP contribution in [0, 0.1) is 11.8 Å². The summed E-state index contributed by atoms with van der Waals surface area (Å²) in [5, 5.41) is 2.35. The number of hydrogen-bond donors (Lipinski definition) is 0. The predicted molar refractivity (Wildman–Crippen MR) is 120 cm³/mol. The molecule has 0 radical (unpaired) electrons. The van der Waals surface area contributed by atoms with Crippen LogP contribution in [-0.4, -0.2) is 7.11 Å². The monoisotopic (exact) mass is 370 g/mol. The van der Waals surface area contributed by atoms with Crippen LogP contribution in [0.1, 0.15) is 62.1 Å². The predicted octanol–water partition coefficient (Wildman–Crippen LogP) is 7.15. The lowest BCUT2D eigenvalue weighted by Crippen LogP contribution is -1.87. The maximum Gasteiger partial charge on any atom is 0.119 e. The van der Waals surface area contributed by atoms with Crippen LogP contribution in [0.3, 0.4) is 0 Å². The Balaban J connectivity index is 1.57. The molecule has 0 N–H and O–H groups in total. The molecular formula is C27H30O. The molecule has 3 rings (SSSR count). The van der Waals surface area contributed by atoms with Crippen molar-refractivity contribution < 1.29 is 4.74 Å². The second-order valence-electron chi connectivity index (χ2n) is 7.39. The van der Waals surface area contributed by atoms with Crippen LogP contribution in [-0.2, 0) is 6.42 Å². The van der Waals surface area contributed by atoms with Gasteiger partial charge in [0.05, 0.1) is 7.11 Å². The Bertz CT molecular complexity index is 941. The summed E-state index contributed by atoms with van der Waals surface area (Å²) < 4.78 is 5.29. The van der Waals surface area contributed by atoms with Crippen LogP contribution in [0.4, 0.5) is 0 Å². The van der Waals surface area contributed by atoms with Crippen molar-refractivity contribution in [3.05, 3.63) is 77.4 Å². The van der Waals surface area contributed by atoms with Crippen molar-refractivity contribution in [3.8, 4) is 17.6 Å². The van der Waals surface area contributed by atoms with Gasteiger partial charge < -0.3 is 4.74 Å². The van der Waals surface area contributed by atoms with Gasteiger partial charge in [-0.3, -0.25) is 0 Å². The van der Waals surface area contributed by atoms with Gasteiger partial charge in [-0.2, -0.15) is 0 Å². The normalized spacial score (nSPS) is 10.5. The van der Waals surface area contributed by atoms with Crippen LogP contribution in [0.25, 0.3) is 10.8 Å². The molecule has 1 heteroatoms.